The number of carbonyl (C=O) groups is 2. The number of hydrogen-bond acceptors (Lipinski definition) is 6. The van der Waals surface area contributed by atoms with Crippen LogP contribution in [0.15, 0.2) is 71.7 Å². The molecule has 3 amide bonds. The van der Waals surface area contributed by atoms with Gasteiger partial charge in [0.15, 0.2) is 0 Å². The summed E-state index contributed by atoms with van der Waals surface area (Å²) in [6.45, 7) is 7.99. The third-order valence-corrected chi connectivity index (χ3v) is 8.50. The summed E-state index contributed by atoms with van der Waals surface area (Å²) < 4.78 is 11.8. The van der Waals surface area contributed by atoms with Crippen LogP contribution in [0.1, 0.15) is 43.5 Å². The van der Waals surface area contributed by atoms with E-state index in [9.17, 15) is 9.59 Å². The lowest BCUT2D eigenvalue weighted by atomic mass is 9.81. The first-order valence-electron chi connectivity index (χ1n) is 14.6. The second-order valence-electron chi connectivity index (χ2n) is 11.5. The summed E-state index contributed by atoms with van der Waals surface area (Å²) in [5.41, 5.74) is 6.94. The zero-order chi connectivity index (χ0) is 31.6. The average Bonchev–Trinajstić information content (AvgIpc) is 3.31. The number of urea groups is 1. The minimum Gasteiger partial charge on any atom is -0.497 e. The maximum atomic E-state index is 14.7. The molecule has 2 aliphatic heterocycles. The lowest BCUT2D eigenvalue weighted by Crippen LogP contribution is -2.55. The van der Waals surface area contributed by atoms with Gasteiger partial charge >= 0.3 is 6.03 Å². The van der Waals surface area contributed by atoms with E-state index in [1.54, 1.807) is 16.9 Å². The van der Waals surface area contributed by atoms with E-state index < -0.39 is 17.5 Å². The monoisotopic (exact) mass is 637 g/mol. The number of carbonyl (C=O) groups excluding carboxylic acids is 2. The number of amides is 3. The van der Waals surface area contributed by atoms with Crippen molar-refractivity contribution in [1.29, 1.82) is 0 Å². The first kappa shape index (κ1) is 31.6. The van der Waals surface area contributed by atoms with Crippen LogP contribution in [0.4, 0.5) is 4.79 Å². The Bertz CT molecular complexity index is 1540. The van der Waals surface area contributed by atoms with Crippen LogP contribution < -0.4 is 15.2 Å². The molecule has 0 radical (unpaired) electrons. The molecule has 2 N–H and O–H groups in total. The van der Waals surface area contributed by atoms with Crippen molar-refractivity contribution >= 4 is 41.0 Å². The highest BCUT2D eigenvalue weighted by molar-refractivity contribution is 6.30. The van der Waals surface area contributed by atoms with Crippen LogP contribution in [0.25, 0.3) is 0 Å². The zero-order valence-electron chi connectivity index (χ0n) is 25.3. The van der Waals surface area contributed by atoms with E-state index in [4.69, 9.17) is 43.4 Å². The predicted octanol–water partition coefficient (Wildman–Crippen LogP) is 5.73. The molecule has 1 fully saturated rings. The second-order valence-corrected chi connectivity index (χ2v) is 12.3. The smallest absolute Gasteiger partial charge is 0.326 e. The van der Waals surface area contributed by atoms with Gasteiger partial charge in [0.2, 0.25) is 5.91 Å². The van der Waals surface area contributed by atoms with E-state index in [1.807, 2.05) is 92.4 Å². The summed E-state index contributed by atoms with van der Waals surface area (Å²) in [5, 5.41) is 1.19. The highest BCUT2D eigenvalue weighted by atomic mass is 35.5. The number of aliphatic imine (C=N–C) groups is 1. The lowest BCUT2D eigenvalue weighted by Gasteiger charge is -2.40. The molecular weight excluding hydrogens is 601 g/mol. The normalized spacial score (nSPS) is 20.5. The number of benzene rings is 3. The minimum atomic E-state index is -0.910. The van der Waals surface area contributed by atoms with Gasteiger partial charge in [0, 0.05) is 42.3 Å². The second kappa shape index (κ2) is 13.1. The molecule has 0 unspecified atom stereocenters. The summed E-state index contributed by atoms with van der Waals surface area (Å²) >= 11 is 12.6. The van der Waals surface area contributed by atoms with Crippen molar-refractivity contribution in [3.05, 3.63) is 93.5 Å². The fourth-order valence-electron chi connectivity index (χ4n) is 5.86. The Morgan fingerprint density at radius 3 is 2.16 bits per heavy atom. The molecule has 0 bridgehead atoms. The Hall–Kier alpha value is -3.79. The largest absolute Gasteiger partial charge is 0.497 e. The molecule has 0 saturated carbocycles. The van der Waals surface area contributed by atoms with Crippen LogP contribution in [-0.2, 0) is 10.3 Å². The molecule has 11 heteroatoms. The van der Waals surface area contributed by atoms with Gasteiger partial charge in [0.25, 0.3) is 0 Å². The van der Waals surface area contributed by atoms with E-state index in [0.29, 0.717) is 59.1 Å². The zero-order valence-corrected chi connectivity index (χ0v) is 26.8. The molecule has 2 aliphatic rings. The molecule has 3 aromatic carbocycles. The highest BCUT2D eigenvalue weighted by Gasteiger charge is 2.51. The number of nitrogens with two attached hydrogens (primary N) is 1. The molecule has 5 rings (SSSR count). The van der Waals surface area contributed by atoms with Crippen molar-refractivity contribution in [2.75, 3.05) is 39.8 Å². The molecular formula is C33H37Cl2N5O4. The van der Waals surface area contributed by atoms with E-state index in [0.717, 1.165) is 11.1 Å². The van der Waals surface area contributed by atoms with E-state index in [1.165, 1.54) is 0 Å². The molecule has 2 heterocycles. The topological polar surface area (TPSA) is 101 Å². The number of nitrogens with zero attached hydrogens (tertiary/aromatic N) is 4. The van der Waals surface area contributed by atoms with Crippen molar-refractivity contribution in [2.45, 2.75) is 38.5 Å². The van der Waals surface area contributed by atoms with Gasteiger partial charge in [-0.2, -0.15) is 0 Å². The maximum absolute atomic E-state index is 14.7. The fraction of sp³-hybridized carbons (Fsp3) is 0.364. The Morgan fingerprint density at radius 2 is 1.59 bits per heavy atom. The SMILES string of the molecule is COc1ccc(C2=N[C@@](C)(c3ccc(Cl)cc3)[C@H](c3ccc(Cl)cc3)N2C(=O)N2CCN(CC(N)=O)CC2)c(OC(C)C)c1. The molecule has 0 spiro atoms. The van der Waals surface area contributed by atoms with Crippen molar-refractivity contribution < 1.29 is 19.1 Å². The van der Waals surface area contributed by atoms with Crippen LogP contribution in [-0.4, -0.2) is 78.4 Å². The third-order valence-electron chi connectivity index (χ3n) is 7.99. The van der Waals surface area contributed by atoms with Gasteiger partial charge in [0.1, 0.15) is 22.9 Å². The number of rotatable bonds is 8. The number of piperazine rings is 1. The summed E-state index contributed by atoms with van der Waals surface area (Å²) in [6.07, 6.45) is -0.139. The van der Waals surface area contributed by atoms with E-state index in [-0.39, 0.29) is 18.7 Å². The number of hydrogen-bond donors (Lipinski definition) is 1. The summed E-state index contributed by atoms with van der Waals surface area (Å²) in [7, 11) is 1.60. The molecule has 9 nitrogen and oxygen atoms in total. The molecule has 0 aliphatic carbocycles. The van der Waals surface area contributed by atoms with Crippen molar-refractivity contribution in [1.82, 2.24) is 14.7 Å². The standard InChI is InChI=1S/C33H37Cl2N5O4/c1-21(2)44-28-19-26(43-4)13-14-27(28)31-37-33(3,23-7-11-25(35)12-8-23)30(22-5-9-24(34)10-6-22)40(31)32(42)39-17-15-38(16-18-39)20-29(36)41/h5-14,19,21,30H,15-18,20H2,1-4H3,(H2,36,41)/t30-,33-/m0/s1. The Labute approximate surface area is 268 Å². The van der Waals surface area contributed by atoms with Gasteiger partial charge in [-0.15, -0.1) is 0 Å². The van der Waals surface area contributed by atoms with Crippen molar-refractivity contribution in [2.24, 2.45) is 10.7 Å². The first-order valence-corrected chi connectivity index (χ1v) is 15.3. The predicted molar refractivity (Wildman–Crippen MR) is 173 cm³/mol. The number of primary amides is 1. The fourth-order valence-corrected chi connectivity index (χ4v) is 6.12. The number of ether oxygens (including phenoxy) is 2. The molecule has 3 aromatic rings. The van der Waals surface area contributed by atoms with Gasteiger partial charge < -0.3 is 20.1 Å². The summed E-state index contributed by atoms with van der Waals surface area (Å²) in [6, 6.07) is 19.9. The molecule has 0 aromatic heterocycles. The van der Waals surface area contributed by atoms with Gasteiger partial charge in [0.05, 0.1) is 31.4 Å². The molecule has 2 atom stereocenters. The Morgan fingerprint density at radius 1 is 0.977 bits per heavy atom. The van der Waals surface area contributed by atoms with Crippen LogP contribution >= 0.6 is 23.2 Å². The molecule has 1 saturated heterocycles. The Kier molecular flexibility index (Phi) is 9.39. The maximum Gasteiger partial charge on any atom is 0.326 e. The van der Waals surface area contributed by atoms with Crippen LogP contribution in [0.2, 0.25) is 10.0 Å². The van der Waals surface area contributed by atoms with Crippen molar-refractivity contribution in [3.63, 3.8) is 0 Å². The van der Waals surface area contributed by atoms with Crippen LogP contribution in [0, 0.1) is 0 Å². The average molecular weight is 639 g/mol. The van der Waals surface area contributed by atoms with Gasteiger partial charge in [-0.25, -0.2) is 4.79 Å². The van der Waals surface area contributed by atoms with Gasteiger partial charge in [-0.3, -0.25) is 19.6 Å². The van der Waals surface area contributed by atoms with Crippen LogP contribution in [0.3, 0.4) is 0 Å². The summed E-state index contributed by atoms with van der Waals surface area (Å²) in [4.78, 5) is 37.2. The van der Waals surface area contributed by atoms with Crippen molar-refractivity contribution in [3.8, 4) is 11.5 Å². The molecule has 44 heavy (non-hydrogen) atoms. The quantitative estimate of drug-likeness (QED) is 0.340. The highest BCUT2D eigenvalue weighted by Crippen LogP contribution is 2.50. The Balaban J connectivity index is 1.68. The minimum absolute atomic E-state index is 0.139. The van der Waals surface area contributed by atoms with Gasteiger partial charge in [-0.1, -0.05) is 47.5 Å². The number of amidine groups is 1. The third kappa shape index (κ3) is 6.50. The number of methoxy groups -OCH3 is 1. The van der Waals surface area contributed by atoms with Gasteiger partial charge in [-0.05, 0) is 68.3 Å². The molecule has 232 valence electrons. The van der Waals surface area contributed by atoms with E-state index in [2.05, 4.69) is 0 Å². The lowest BCUT2D eigenvalue weighted by molar-refractivity contribution is -0.119. The van der Waals surface area contributed by atoms with Crippen LogP contribution in [0.5, 0.6) is 11.5 Å². The summed E-state index contributed by atoms with van der Waals surface area (Å²) in [5.74, 6) is 1.27. The number of halogens is 2. The first-order chi connectivity index (χ1) is 21.0. The van der Waals surface area contributed by atoms with E-state index >= 15 is 0 Å².